The van der Waals surface area contributed by atoms with Crippen molar-refractivity contribution in [3.05, 3.63) is 23.4 Å². The lowest BCUT2D eigenvalue weighted by Gasteiger charge is -2.30. The van der Waals surface area contributed by atoms with E-state index in [2.05, 4.69) is 27.2 Å². The van der Waals surface area contributed by atoms with Crippen LogP contribution in [0.1, 0.15) is 6.92 Å². The number of nitrogens with one attached hydrogen (secondary N) is 1. The highest BCUT2D eigenvalue weighted by Crippen LogP contribution is 2.15. The van der Waals surface area contributed by atoms with Gasteiger partial charge in [0.05, 0.1) is 5.02 Å². The molecule has 1 N–H and O–H groups in total. The molecule has 1 atom stereocenters. The fourth-order valence-electron chi connectivity index (χ4n) is 2.09. The third kappa shape index (κ3) is 2.08. The molecule has 0 spiro atoms. The zero-order chi connectivity index (χ0) is 11.8. The predicted octanol–water partition coefficient (Wildman–Crippen LogP) is 1.18. The Morgan fingerprint density at radius 3 is 3.18 bits per heavy atom. The molecule has 90 valence electrons. The van der Waals surface area contributed by atoms with E-state index in [9.17, 15) is 0 Å². The Labute approximate surface area is 104 Å². The summed E-state index contributed by atoms with van der Waals surface area (Å²) in [5.74, 6) is 0.778. The number of pyridine rings is 1. The SMILES string of the molecule is C[C@@H]1CN(c2nc3ccc(Cl)cn3n2)CCN1. The van der Waals surface area contributed by atoms with Gasteiger partial charge in [-0.2, -0.15) is 4.98 Å². The molecule has 5 nitrogen and oxygen atoms in total. The number of fused-ring (bicyclic) bond motifs is 1. The fraction of sp³-hybridized carbons (Fsp3) is 0.455. The first-order valence-electron chi connectivity index (χ1n) is 5.72. The van der Waals surface area contributed by atoms with E-state index < -0.39 is 0 Å². The summed E-state index contributed by atoms with van der Waals surface area (Å²) in [6, 6.07) is 4.18. The molecule has 1 aliphatic rings. The molecule has 1 fully saturated rings. The quantitative estimate of drug-likeness (QED) is 0.827. The van der Waals surface area contributed by atoms with Crippen LogP contribution in [0.4, 0.5) is 5.95 Å². The molecular weight excluding hydrogens is 238 g/mol. The van der Waals surface area contributed by atoms with E-state index in [-0.39, 0.29) is 0 Å². The number of anilines is 1. The van der Waals surface area contributed by atoms with Crippen LogP contribution < -0.4 is 10.2 Å². The van der Waals surface area contributed by atoms with Gasteiger partial charge in [0.2, 0.25) is 5.95 Å². The number of aromatic nitrogens is 3. The maximum absolute atomic E-state index is 5.92. The number of piperazine rings is 1. The first kappa shape index (κ1) is 10.8. The molecule has 17 heavy (non-hydrogen) atoms. The molecule has 3 heterocycles. The minimum Gasteiger partial charge on any atom is -0.337 e. The monoisotopic (exact) mass is 251 g/mol. The Bertz CT molecular complexity index is 538. The minimum absolute atomic E-state index is 0.471. The average Bonchev–Trinajstić information content (AvgIpc) is 2.72. The second-order valence-electron chi connectivity index (χ2n) is 4.36. The van der Waals surface area contributed by atoms with Crippen LogP contribution in [0.15, 0.2) is 18.3 Å². The van der Waals surface area contributed by atoms with Crippen LogP contribution in [0.3, 0.4) is 0 Å². The summed E-state index contributed by atoms with van der Waals surface area (Å²) in [4.78, 5) is 6.70. The Balaban J connectivity index is 1.94. The van der Waals surface area contributed by atoms with E-state index in [4.69, 9.17) is 11.6 Å². The third-order valence-corrected chi connectivity index (χ3v) is 3.16. The number of hydrogen-bond acceptors (Lipinski definition) is 4. The summed E-state index contributed by atoms with van der Waals surface area (Å²) in [7, 11) is 0. The maximum Gasteiger partial charge on any atom is 0.245 e. The van der Waals surface area contributed by atoms with E-state index >= 15 is 0 Å². The summed E-state index contributed by atoms with van der Waals surface area (Å²) in [5, 5.41) is 8.52. The van der Waals surface area contributed by atoms with Crippen LogP contribution in [0, 0.1) is 0 Å². The molecule has 0 aromatic carbocycles. The van der Waals surface area contributed by atoms with Crippen molar-refractivity contribution < 1.29 is 0 Å². The first-order valence-corrected chi connectivity index (χ1v) is 6.10. The van der Waals surface area contributed by atoms with Crippen LogP contribution in [0.25, 0.3) is 5.65 Å². The van der Waals surface area contributed by atoms with Gasteiger partial charge in [0, 0.05) is 31.9 Å². The molecule has 2 aromatic heterocycles. The van der Waals surface area contributed by atoms with Crippen molar-refractivity contribution in [1.82, 2.24) is 19.9 Å². The van der Waals surface area contributed by atoms with Gasteiger partial charge in [-0.25, -0.2) is 4.52 Å². The van der Waals surface area contributed by atoms with Gasteiger partial charge in [0.1, 0.15) is 0 Å². The number of halogens is 1. The summed E-state index contributed by atoms with van der Waals surface area (Å²) in [5.41, 5.74) is 0.829. The molecule has 0 amide bonds. The summed E-state index contributed by atoms with van der Waals surface area (Å²) in [6.07, 6.45) is 1.78. The molecular formula is C11H14ClN5. The van der Waals surface area contributed by atoms with Crippen LogP contribution in [-0.4, -0.2) is 40.3 Å². The normalized spacial score (nSPS) is 21.1. The standard InChI is InChI=1S/C11H14ClN5/c1-8-6-16(5-4-13-8)11-14-10-3-2-9(12)7-17(10)15-11/h2-3,7-8,13H,4-6H2,1H3/t8-/m1/s1. The summed E-state index contributed by atoms with van der Waals surface area (Å²) >= 11 is 5.92. The van der Waals surface area contributed by atoms with Gasteiger partial charge < -0.3 is 10.2 Å². The summed E-state index contributed by atoms with van der Waals surface area (Å²) in [6.45, 7) is 5.01. The fourth-order valence-corrected chi connectivity index (χ4v) is 2.25. The van der Waals surface area contributed by atoms with Crippen LogP contribution >= 0.6 is 11.6 Å². The molecule has 0 radical (unpaired) electrons. The van der Waals surface area contributed by atoms with Gasteiger partial charge in [0.15, 0.2) is 5.65 Å². The molecule has 6 heteroatoms. The van der Waals surface area contributed by atoms with E-state index in [1.54, 1.807) is 10.7 Å². The molecule has 0 saturated carbocycles. The minimum atomic E-state index is 0.471. The van der Waals surface area contributed by atoms with Gasteiger partial charge >= 0.3 is 0 Å². The molecule has 0 bridgehead atoms. The Hall–Kier alpha value is -1.33. The van der Waals surface area contributed by atoms with Crippen molar-refractivity contribution in [1.29, 1.82) is 0 Å². The van der Waals surface area contributed by atoms with Gasteiger partial charge in [-0.3, -0.25) is 0 Å². The molecule has 2 aromatic rings. The second-order valence-corrected chi connectivity index (χ2v) is 4.80. The third-order valence-electron chi connectivity index (χ3n) is 2.94. The topological polar surface area (TPSA) is 45.5 Å². The lowest BCUT2D eigenvalue weighted by molar-refractivity contribution is 0.479. The van der Waals surface area contributed by atoms with Gasteiger partial charge in [-0.1, -0.05) is 11.6 Å². The van der Waals surface area contributed by atoms with E-state index in [0.29, 0.717) is 11.1 Å². The van der Waals surface area contributed by atoms with Crippen molar-refractivity contribution in [2.24, 2.45) is 0 Å². The zero-order valence-corrected chi connectivity index (χ0v) is 10.4. The molecule has 0 unspecified atom stereocenters. The van der Waals surface area contributed by atoms with Gasteiger partial charge in [-0.15, -0.1) is 5.10 Å². The highest BCUT2D eigenvalue weighted by molar-refractivity contribution is 6.30. The Morgan fingerprint density at radius 1 is 1.47 bits per heavy atom. The second kappa shape index (κ2) is 4.16. The lowest BCUT2D eigenvalue weighted by atomic mass is 10.2. The first-order chi connectivity index (χ1) is 8.22. The van der Waals surface area contributed by atoms with Gasteiger partial charge in [-0.05, 0) is 19.1 Å². The van der Waals surface area contributed by atoms with Crippen LogP contribution in [0.5, 0.6) is 0 Å². The highest BCUT2D eigenvalue weighted by atomic mass is 35.5. The number of hydrogen-bond donors (Lipinski definition) is 1. The smallest absolute Gasteiger partial charge is 0.245 e. The Morgan fingerprint density at radius 2 is 2.35 bits per heavy atom. The lowest BCUT2D eigenvalue weighted by Crippen LogP contribution is -2.49. The van der Waals surface area contributed by atoms with E-state index in [1.807, 2.05) is 12.1 Å². The number of rotatable bonds is 1. The average molecular weight is 252 g/mol. The maximum atomic E-state index is 5.92. The van der Waals surface area contributed by atoms with Crippen molar-refractivity contribution in [2.75, 3.05) is 24.5 Å². The van der Waals surface area contributed by atoms with Crippen molar-refractivity contribution >= 4 is 23.2 Å². The number of nitrogens with zero attached hydrogens (tertiary/aromatic N) is 4. The van der Waals surface area contributed by atoms with Crippen molar-refractivity contribution in [2.45, 2.75) is 13.0 Å². The largest absolute Gasteiger partial charge is 0.337 e. The molecule has 1 saturated heterocycles. The van der Waals surface area contributed by atoms with Crippen molar-refractivity contribution in [3.63, 3.8) is 0 Å². The van der Waals surface area contributed by atoms with Crippen LogP contribution in [-0.2, 0) is 0 Å². The summed E-state index contributed by atoms with van der Waals surface area (Å²) < 4.78 is 1.73. The van der Waals surface area contributed by atoms with E-state index in [1.165, 1.54) is 0 Å². The Kier molecular flexibility index (Phi) is 2.64. The molecule has 1 aliphatic heterocycles. The predicted molar refractivity (Wildman–Crippen MR) is 67.7 cm³/mol. The van der Waals surface area contributed by atoms with Gasteiger partial charge in [0.25, 0.3) is 0 Å². The van der Waals surface area contributed by atoms with E-state index in [0.717, 1.165) is 31.2 Å². The highest BCUT2D eigenvalue weighted by Gasteiger charge is 2.19. The zero-order valence-electron chi connectivity index (χ0n) is 9.60. The van der Waals surface area contributed by atoms with Crippen LogP contribution in [0.2, 0.25) is 5.02 Å². The molecule has 0 aliphatic carbocycles. The molecule has 3 rings (SSSR count). The van der Waals surface area contributed by atoms with Crippen molar-refractivity contribution in [3.8, 4) is 0 Å².